The summed E-state index contributed by atoms with van der Waals surface area (Å²) in [4.78, 5) is 8.85. The first-order valence-corrected chi connectivity index (χ1v) is 10.1. The van der Waals surface area contributed by atoms with Crippen LogP contribution in [-0.2, 0) is 0 Å². The van der Waals surface area contributed by atoms with E-state index in [2.05, 4.69) is 32.9 Å². The highest BCUT2D eigenvalue weighted by atomic mass is 16.5. The van der Waals surface area contributed by atoms with Gasteiger partial charge < -0.3 is 14.0 Å². The van der Waals surface area contributed by atoms with E-state index >= 15 is 0 Å². The summed E-state index contributed by atoms with van der Waals surface area (Å²) in [6.07, 6.45) is 10.8. The maximum absolute atomic E-state index is 6.01. The second kappa shape index (κ2) is 7.59. The standard InChI is InChI=1S/C24H23N3O2/c1-28-22-8-4-5-9-23(22)29-19-12-10-17(11-13-19)21-15-27(18-6-2-3-7-18)24-20(21)14-25-16-26-24/h4-5,8-16,18H,2-3,6-7H2,1H3. The molecule has 1 fully saturated rings. The number of nitrogens with zero attached hydrogens (tertiary/aromatic N) is 3. The molecule has 0 saturated heterocycles. The minimum atomic E-state index is 0.536. The molecule has 0 aliphatic heterocycles. The van der Waals surface area contributed by atoms with Crippen molar-refractivity contribution in [3.8, 4) is 28.4 Å². The highest BCUT2D eigenvalue weighted by molar-refractivity contribution is 5.93. The molecular formula is C24H23N3O2. The molecule has 2 heterocycles. The molecule has 0 N–H and O–H groups in total. The maximum atomic E-state index is 6.01. The first-order chi connectivity index (χ1) is 14.3. The van der Waals surface area contributed by atoms with Crippen LogP contribution in [0.1, 0.15) is 31.7 Å². The van der Waals surface area contributed by atoms with Crippen molar-refractivity contribution < 1.29 is 9.47 Å². The lowest BCUT2D eigenvalue weighted by Crippen LogP contribution is -2.03. The number of rotatable bonds is 5. The minimum absolute atomic E-state index is 0.536. The first kappa shape index (κ1) is 17.7. The lowest BCUT2D eigenvalue weighted by Gasteiger charge is -2.12. The Kier molecular flexibility index (Phi) is 4.64. The lowest BCUT2D eigenvalue weighted by atomic mass is 10.1. The van der Waals surface area contributed by atoms with E-state index < -0.39 is 0 Å². The molecule has 2 aromatic carbocycles. The molecule has 0 bridgehead atoms. The third kappa shape index (κ3) is 3.33. The van der Waals surface area contributed by atoms with Gasteiger partial charge >= 0.3 is 0 Å². The molecule has 0 unspecified atom stereocenters. The van der Waals surface area contributed by atoms with Crippen LogP contribution in [0.4, 0.5) is 0 Å². The molecule has 0 atom stereocenters. The molecule has 4 aromatic rings. The number of para-hydroxylation sites is 2. The third-order valence-corrected chi connectivity index (χ3v) is 5.67. The van der Waals surface area contributed by atoms with Gasteiger partial charge in [-0.15, -0.1) is 0 Å². The van der Waals surface area contributed by atoms with Crippen molar-refractivity contribution in [2.75, 3.05) is 7.11 Å². The highest BCUT2D eigenvalue weighted by Gasteiger charge is 2.21. The summed E-state index contributed by atoms with van der Waals surface area (Å²) in [5.74, 6) is 2.19. The number of ether oxygens (including phenoxy) is 2. The van der Waals surface area contributed by atoms with Gasteiger partial charge in [-0.25, -0.2) is 9.97 Å². The molecule has 146 valence electrons. The zero-order valence-corrected chi connectivity index (χ0v) is 16.4. The summed E-state index contributed by atoms with van der Waals surface area (Å²) in [5.41, 5.74) is 3.32. The van der Waals surface area contributed by atoms with Crippen molar-refractivity contribution in [3.05, 3.63) is 67.3 Å². The van der Waals surface area contributed by atoms with Crippen LogP contribution in [0.3, 0.4) is 0 Å². The maximum Gasteiger partial charge on any atom is 0.169 e. The first-order valence-electron chi connectivity index (χ1n) is 10.1. The molecule has 0 radical (unpaired) electrons. The molecular weight excluding hydrogens is 362 g/mol. The predicted molar refractivity (Wildman–Crippen MR) is 114 cm³/mol. The molecule has 0 amide bonds. The Hall–Kier alpha value is -3.34. The van der Waals surface area contributed by atoms with Crippen LogP contribution < -0.4 is 9.47 Å². The average molecular weight is 385 g/mol. The van der Waals surface area contributed by atoms with Crippen LogP contribution in [0.2, 0.25) is 0 Å². The fourth-order valence-corrected chi connectivity index (χ4v) is 4.21. The van der Waals surface area contributed by atoms with Crippen LogP contribution in [-0.4, -0.2) is 21.6 Å². The molecule has 29 heavy (non-hydrogen) atoms. The van der Waals surface area contributed by atoms with Gasteiger partial charge in [0.2, 0.25) is 0 Å². The number of aromatic nitrogens is 3. The van der Waals surface area contributed by atoms with Gasteiger partial charge in [0.1, 0.15) is 17.7 Å². The lowest BCUT2D eigenvalue weighted by molar-refractivity contribution is 0.379. The van der Waals surface area contributed by atoms with E-state index in [0.717, 1.165) is 27.9 Å². The van der Waals surface area contributed by atoms with Crippen LogP contribution in [0.15, 0.2) is 67.3 Å². The predicted octanol–water partition coefficient (Wildman–Crippen LogP) is 6.01. The summed E-state index contributed by atoms with van der Waals surface area (Å²) in [6, 6.07) is 16.3. The van der Waals surface area contributed by atoms with E-state index in [-0.39, 0.29) is 0 Å². The largest absolute Gasteiger partial charge is 0.493 e. The number of methoxy groups -OCH3 is 1. The second-order valence-corrected chi connectivity index (χ2v) is 7.43. The van der Waals surface area contributed by atoms with Gasteiger partial charge in [-0.2, -0.15) is 0 Å². The van der Waals surface area contributed by atoms with Crippen molar-refractivity contribution >= 4 is 11.0 Å². The number of fused-ring (bicyclic) bond motifs is 1. The van der Waals surface area contributed by atoms with E-state index in [1.54, 1.807) is 13.4 Å². The number of hydrogen-bond acceptors (Lipinski definition) is 4. The van der Waals surface area contributed by atoms with Crippen molar-refractivity contribution in [1.82, 2.24) is 14.5 Å². The van der Waals surface area contributed by atoms with Gasteiger partial charge in [0.15, 0.2) is 11.5 Å². The summed E-state index contributed by atoms with van der Waals surface area (Å²) in [5, 5.41) is 1.10. The summed E-state index contributed by atoms with van der Waals surface area (Å²) in [6.45, 7) is 0. The van der Waals surface area contributed by atoms with E-state index in [1.807, 2.05) is 42.6 Å². The van der Waals surface area contributed by atoms with E-state index in [0.29, 0.717) is 17.5 Å². The number of benzene rings is 2. The van der Waals surface area contributed by atoms with E-state index in [1.165, 1.54) is 25.7 Å². The minimum Gasteiger partial charge on any atom is -0.493 e. The normalized spacial score (nSPS) is 14.4. The van der Waals surface area contributed by atoms with Gasteiger partial charge in [-0.05, 0) is 42.7 Å². The van der Waals surface area contributed by atoms with E-state index in [4.69, 9.17) is 9.47 Å². The van der Waals surface area contributed by atoms with Crippen molar-refractivity contribution in [1.29, 1.82) is 0 Å². The third-order valence-electron chi connectivity index (χ3n) is 5.67. The van der Waals surface area contributed by atoms with Gasteiger partial charge in [0.25, 0.3) is 0 Å². The number of hydrogen-bond donors (Lipinski definition) is 0. The topological polar surface area (TPSA) is 49.2 Å². The van der Waals surface area contributed by atoms with Crippen molar-refractivity contribution in [3.63, 3.8) is 0 Å². The molecule has 1 aliphatic rings. The Morgan fingerprint density at radius 1 is 0.966 bits per heavy atom. The molecule has 5 heteroatoms. The Labute approximate surface area is 169 Å². The molecule has 1 saturated carbocycles. The Balaban J connectivity index is 1.48. The Bertz CT molecular complexity index is 1130. The average Bonchev–Trinajstić information content (AvgIpc) is 3.43. The Morgan fingerprint density at radius 2 is 1.72 bits per heavy atom. The molecule has 1 aliphatic carbocycles. The fourth-order valence-electron chi connectivity index (χ4n) is 4.21. The zero-order chi connectivity index (χ0) is 19.6. The highest BCUT2D eigenvalue weighted by Crippen LogP contribution is 2.38. The summed E-state index contributed by atoms with van der Waals surface area (Å²) >= 11 is 0. The summed E-state index contributed by atoms with van der Waals surface area (Å²) in [7, 11) is 1.65. The van der Waals surface area contributed by atoms with Crippen LogP contribution in [0.5, 0.6) is 17.2 Å². The molecule has 0 spiro atoms. The summed E-state index contributed by atoms with van der Waals surface area (Å²) < 4.78 is 13.7. The van der Waals surface area contributed by atoms with Crippen LogP contribution in [0.25, 0.3) is 22.2 Å². The van der Waals surface area contributed by atoms with Crippen molar-refractivity contribution in [2.45, 2.75) is 31.7 Å². The molecule has 2 aromatic heterocycles. The van der Waals surface area contributed by atoms with Gasteiger partial charge in [0, 0.05) is 29.4 Å². The fraction of sp³-hybridized carbons (Fsp3) is 0.250. The van der Waals surface area contributed by atoms with Gasteiger partial charge in [0.05, 0.1) is 7.11 Å². The smallest absolute Gasteiger partial charge is 0.169 e. The SMILES string of the molecule is COc1ccccc1Oc1ccc(-c2cn(C3CCCC3)c3ncncc23)cc1. The van der Waals surface area contributed by atoms with Crippen LogP contribution in [0, 0.1) is 0 Å². The zero-order valence-electron chi connectivity index (χ0n) is 16.4. The van der Waals surface area contributed by atoms with Gasteiger partial charge in [-0.3, -0.25) is 0 Å². The Morgan fingerprint density at radius 3 is 2.48 bits per heavy atom. The quantitative estimate of drug-likeness (QED) is 0.422. The van der Waals surface area contributed by atoms with Crippen molar-refractivity contribution in [2.24, 2.45) is 0 Å². The second-order valence-electron chi connectivity index (χ2n) is 7.43. The van der Waals surface area contributed by atoms with Gasteiger partial charge in [-0.1, -0.05) is 37.1 Å². The van der Waals surface area contributed by atoms with Crippen LogP contribution >= 0.6 is 0 Å². The molecule has 5 rings (SSSR count). The monoisotopic (exact) mass is 385 g/mol. The van der Waals surface area contributed by atoms with E-state index in [9.17, 15) is 0 Å². The molecule has 5 nitrogen and oxygen atoms in total.